The number of likely N-dealkylation sites (tertiary alicyclic amines) is 1. The maximum absolute atomic E-state index is 12.3. The molecule has 3 heterocycles. The van der Waals surface area contributed by atoms with Gasteiger partial charge in [-0.1, -0.05) is 5.16 Å². The van der Waals surface area contributed by atoms with Crippen molar-refractivity contribution in [2.24, 2.45) is 5.92 Å². The van der Waals surface area contributed by atoms with E-state index in [4.69, 9.17) is 4.52 Å². The Morgan fingerprint density at radius 2 is 1.96 bits per heavy atom. The zero-order chi connectivity index (χ0) is 16.4. The fourth-order valence-electron chi connectivity index (χ4n) is 2.96. The lowest BCUT2D eigenvalue weighted by atomic mass is 9.96. The van der Waals surface area contributed by atoms with Crippen LogP contribution in [0.15, 0.2) is 23.0 Å². The van der Waals surface area contributed by atoms with Crippen molar-refractivity contribution in [1.29, 1.82) is 0 Å². The van der Waals surface area contributed by atoms with Crippen LogP contribution in [0.4, 0.5) is 5.95 Å². The normalized spacial score (nSPS) is 19.3. The van der Waals surface area contributed by atoms with Crippen molar-refractivity contribution < 1.29 is 9.32 Å². The van der Waals surface area contributed by atoms with Gasteiger partial charge in [0.1, 0.15) is 0 Å². The van der Waals surface area contributed by atoms with Crippen molar-refractivity contribution in [3.8, 4) is 0 Å². The van der Waals surface area contributed by atoms with Crippen molar-refractivity contribution in [2.45, 2.75) is 38.1 Å². The van der Waals surface area contributed by atoms with Crippen LogP contribution in [0, 0.1) is 5.92 Å². The van der Waals surface area contributed by atoms with Crippen LogP contribution in [0.5, 0.6) is 0 Å². The Morgan fingerprint density at radius 3 is 2.67 bits per heavy atom. The standard InChI is InChI=1S/C16H20N6O2/c23-15(20-16-17-6-1-7-18-16)12-4-8-22(9-5-12)10-13-19-14(21-24-13)11-2-3-11/h1,6-7,11-12H,2-5,8-10H2,(H,17,18,20,23). The van der Waals surface area contributed by atoms with E-state index in [0.29, 0.717) is 24.3 Å². The Labute approximate surface area is 139 Å². The third kappa shape index (κ3) is 3.59. The van der Waals surface area contributed by atoms with E-state index in [2.05, 4.69) is 30.3 Å². The number of piperidine rings is 1. The number of hydrogen-bond donors (Lipinski definition) is 1. The number of carbonyl (C=O) groups is 1. The Hall–Kier alpha value is -2.35. The Morgan fingerprint density at radius 1 is 1.21 bits per heavy atom. The van der Waals surface area contributed by atoms with Gasteiger partial charge < -0.3 is 4.52 Å². The maximum atomic E-state index is 12.3. The fraction of sp³-hybridized carbons (Fsp3) is 0.562. The molecule has 2 aliphatic rings. The van der Waals surface area contributed by atoms with Crippen molar-refractivity contribution in [1.82, 2.24) is 25.0 Å². The fourth-order valence-corrected chi connectivity index (χ4v) is 2.96. The zero-order valence-corrected chi connectivity index (χ0v) is 13.4. The van der Waals surface area contributed by atoms with E-state index in [9.17, 15) is 4.79 Å². The van der Waals surface area contributed by atoms with Gasteiger partial charge in [-0.3, -0.25) is 15.0 Å². The van der Waals surface area contributed by atoms with E-state index in [1.165, 1.54) is 12.8 Å². The molecule has 8 nitrogen and oxygen atoms in total. The predicted octanol–water partition coefficient (Wildman–Crippen LogP) is 1.59. The minimum Gasteiger partial charge on any atom is -0.338 e. The van der Waals surface area contributed by atoms with E-state index in [-0.39, 0.29) is 11.8 Å². The molecule has 1 aliphatic heterocycles. The highest BCUT2D eigenvalue weighted by molar-refractivity contribution is 5.90. The first-order valence-corrected chi connectivity index (χ1v) is 8.40. The smallest absolute Gasteiger partial charge is 0.240 e. The summed E-state index contributed by atoms with van der Waals surface area (Å²) in [6, 6.07) is 1.72. The van der Waals surface area contributed by atoms with Crippen LogP contribution < -0.4 is 5.32 Å². The summed E-state index contributed by atoms with van der Waals surface area (Å²) in [4.78, 5) is 27.0. The summed E-state index contributed by atoms with van der Waals surface area (Å²) in [6.45, 7) is 2.35. The summed E-state index contributed by atoms with van der Waals surface area (Å²) in [5.74, 6) is 2.39. The van der Waals surface area contributed by atoms with Crippen LogP contribution in [0.25, 0.3) is 0 Å². The summed E-state index contributed by atoms with van der Waals surface area (Å²) in [5, 5.41) is 6.82. The molecule has 1 aliphatic carbocycles. The number of anilines is 1. The van der Waals surface area contributed by atoms with Crippen molar-refractivity contribution in [2.75, 3.05) is 18.4 Å². The van der Waals surface area contributed by atoms with Crippen LogP contribution in [-0.2, 0) is 11.3 Å². The minimum absolute atomic E-state index is 0.00485. The van der Waals surface area contributed by atoms with Gasteiger partial charge in [0.05, 0.1) is 6.54 Å². The van der Waals surface area contributed by atoms with Gasteiger partial charge in [0.2, 0.25) is 17.7 Å². The first kappa shape index (κ1) is 15.2. The minimum atomic E-state index is -0.00494. The lowest BCUT2D eigenvalue weighted by Gasteiger charge is -2.29. The van der Waals surface area contributed by atoms with Crippen molar-refractivity contribution >= 4 is 11.9 Å². The highest BCUT2D eigenvalue weighted by atomic mass is 16.5. The number of nitrogens with zero attached hydrogens (tertiary/aromatic N) is 5. The van der Waals surface area contributed by atoms with E-state index < -0.39 is 0 Å². The summed E-state index contributed by atoms with van der Waals surface area (Å²) in [7, 11) is 0. The molecule has 0 spiro atoms. The molecule has 24 heavy (non-hydrogen) atoms. The molecule has 0 radical (unpaired) electrons. The van der Waals surface area contributed by atoms with Gasteiger partial charge in [-0.25, -0.2) is 9.97 Å². The van der Waals surface area contributed by atoms with Gasteiger partial charge in [0.15, 0.2) is 5.82 Å². The predicted molar refractivity (Wildman–Crippen MR) is 84.9 cm³/mol. The molecule has 4 rings (SSSR count). The van der Waals surface area contributed by atoms with Crippen LogP contribution in [0.2, 0.25) is 0 Å². The van der Waals surface area contributed by atoms with Crippen LogP contribution >= 0.6 is 0 Å². The second-order valence-corrected chi connectivity index (χ2v) is 6.43. The Balaban J connectivity index is 1.26. The molecule has 1 saturated heterocycles. The molecule has 0 bridgehead atoms. The number of amides is 1. The van der Waals surface area contributed by atoms with Crippen molar-refractivity contribution in [3.63, 3.8) is 0 Å². The number of rotatable bonds is 5. The molecule has 2 aromatic rings. The quantitative estimate of drug-likeness (QED) is 0.890. The molecule has 1 N–H and O–H groups in total. The molecule has 1 amide bonds. The molecular formula is C16H20N6O2. The average molecular weight is 328 g/mol. The molecular weight excluding hydrogens is 308 g/mol. The van der Waals surface area contributed by atoms with Gasteiger partial charge in [0, 0.05) is 24.2 Å². The van der Waals surface area contributed by atoms with E-state index in [1.807, 2.05) is 0 Å². The molecule has 8 heteroatoms. The Bertz CT molecular complexity index is 692. The van der Waals surface area contributed by atoms with Crippen LogP contribution in [0.1, 0.15) is 43.3 Å². The molecule has 2 aromatic heterocycles. The number of aromatic nitrogens is 4. The summed E-state index contributed by atoms with van der Waals surface area (Å²) >= 11 is 0. The first-order chi connectivity index (χ1) is 11.8. The van der Waals surface area contributed by atoms with Gasteiger partial charge in [-0.2, -0.15) is 4.98 Å². The molecule has 2 fully saturated rings. The molecule has 126 valence electrons. The molecule has 0 atom stereocenters. The highest BCUT2D eigenvalue weighted by Gasteiger charge is 2.30. The monoisotopic (exact) mass is 328 g/mol. The third-order valence-electron chi connectivity index (χ3n) is 4.54. The summed E-state index contributed by atoms with van der Waals surface area (Å²) in [6.07, 6.45) is 7.19. The highest BCUT2D eigenvalue weighted by Crippen LogP contribution is 2.38. The van der Waals surface area contributed by atoms with Gasteiger partial charge in [-0.15, -0.1) is 0 Å². The lowest BCUT2D eigenvalue weighted by Crippen LogP contribution is -2.38. The first-order valence-electron chi connectivity index (χ1n) is 8.40. The summed E-state index contributed by atoms with van der Waals surface area (Å²) < 4.78 is 5.32. The number of nitrogens with one attached hydrogen (secondary N) is 1. The number of carbonyl (C=O) groups excluding carboxylic acids is 1. The zero-order valence-electron chi connectivity index (χ0n) is 13.4. The average Bonchev–Trinajstić information content (AvgIpc) is 3.36. The number of hydrogen-bond acceptors (Lipinski definition) is 7. The van der Waals surface area contributed by atoms with Gasteiger partial charge >= 0.3 is 0 Å². The van der Waals surface area contributed by atoms with Gasteiger partial charge in [-0.05, 0) is 44.8 Å². The molecule has 0 unspecified atom stereocenters. The maximum Gasteiger partial charge on any atom is 0.240 e. The van der Waals surface area contributed by atoms with Crippen LogP contribution in [-0.4, -0.2) is 44.0 Å². The van der Waals surface area contributed by atoms with Crippen molar-refractivity contribution in [3.05, 3.63) is 30.2 Å². The second kappa shape index (κ2) is 6.64. The summed E-state index contributed by atoms with van der Waals surface area (Å²) in [5.41, 5.74) is 0. The Kier molecular flexibility index (Phi) is 4.20. The molecule has 0 aromatic carbocycles. The van der Waals surface area contributed by atoms with Gasteiger partial charge in [0.25, 0.3) is 0 Å². The largest absolute Gasteiger partial charge is 0.338 e. The van der Waals surface area contributed by atoms with E-state index in [1.54, 1.807) is 18.5 Å². The third-order valence-corrected chi connectivity index (χ3v) is 4.54. The van der Waals surface area contributed by atoms with Crippen LogP contribution in [0.3, 0.4) is 0 Å². The van der Waals surface area contributed by atoms with E-state index >= 15 is 0 Å². The second-order valence-electron chi connectivity index (χ2n) is 6.43. The topological polar surface area (TPSA) is 97.0 Å². The lowest BCUT2D eigenvalue weighted by molar-refractivity contribution is -0.121. The molecule has 1 saturated carbocycles. The SMILES string of the molecule is O=C(Nc1ncccn1)C1CCN(Cc2nc(C3CC3)no2)CC1. The van der Waals surface area contributed by atoms with E-state index in [0.717, 1.165) is 31.8 Å².